The van der Waals surface area contributed by atoms with E-state index in [1.807, 2.05) is 6.07 Å². The minimum atomic E-state index is 0.649. The zero-order valence-electron chi connectivity index (χ0n) is 31.8. The molecule has 5 nitrogen and oxygen atoms in total. The number of hydrogen-bond donors (Lipinski definition) is 0. The summed E-state index contributed by atoms with van der Waals surface area (Å²) in [5, 5.41) is 10.8. The van der Waals surface area contributed by atoms with E-state index in [0.717, 1.165) is 60.7 Å². The van der Waals surface area contributed by atoms with Crippen molar-refractivity contribution >= 4 is 87.1 Å². The zero-order valence-corrected chi connectivity index (χ0v) is 31.8. The van der Waals surface area contributed by atoms with Gasteiger partial charge in [-0.2, -0.15) is 0 Å². The van der Waals surface area contributed by atoms with E-state index in [1.54, 1.807) is 0 Å². The molecular formula is C54H33N5. The van der Waals surface area contributed by atoms with Gasteiger partial charge in [-0.05, 0) is 60.0 Å². The summed E-state index contributed by atoms with van der Waals surface area (Å²) in [7, 11) is 0. The molecule has 0 aliphatic heterocycles. The van der Waals surface area contributed by atoms with E-state index < -0.39 is 0 Å². The topological polar surface area (TPSA) is 40.6 Å². The molecule has 4 heterocycles. The minimum absolute atomic E-state index is 0.649. The Labute approximate surface area is 338 Å². The number of aromatic nitrogens is 5. The van der Waals surface area contributed by atoms with Crippen molar-refractivity contribution in [3.05, 3.63) is 200 Å². The number of para-hydroxylation sites is 4. The van der Waals surface area contributed by atoms with Gasteiger partial charge in [0, 0.05) is 48.7 Å². The van der Waals surface area contributed by atoms with Crippen LogP contribution in [-0.4, -0.2) is 23.7 Å². The van der Waals surface area contributed by atoms with Gasteiger partial charge in [-0.15, -0.1) is 0 Å². The molecule has 0 atom stereocenters. The van der Waals surface area contributed by atoms with Crippen LogP contribution in [0.5, 0.6) is 0 Å². The third kappa shape index (κ3) is 4.50. The molecule has 0 aliphatic rings. The Morgan fingerprint density at radius 3 is 1.47 bits per heavy atom. The second kappa shape index (κ2) is 12.2. The lowest BCUT2D eigenvalue weighted by molar-refractivity contribution is 1.01. The predicted molar refractivity (Wildman–Crippen MR) is 245 cm³/mol. The van der Waals surface area contributed by atoms with Crippen LogP contribution in [0.4, 0.5) is 0 Å². The minimum Gasteiger partial charge on any atom is -0.309 e. The average Bonchev–Trinajstić information content (AvgIpc) is 3.94. The van der Waals surface area contributed by atoms with E-state index in [-0.39, 0.29) is 0 Å². The van der Waals surface area contributed by atoms with E-state index >= 15 is 0 Å². The zero-order chi connectivity index (χ0) is 38.6. The van der Waals surface area contributed by atoms with Crippen LogP contribution in [0.3, 0.4) is 0 Å². The molecular weight excluding hydrogens is 719 g/mol. The average molecular weight is 752 g/mol. The maximum absolute atomic E-state index is 5.36. The standard InChI is InChI=1S/C54H33N5/c1-2-17-35(18-3-1)53-37-21-6-10-25-41(37)55-54(56-53)59-45-28-13-7-22-38(45)50-46(30-15-31-47(50)59)58-44-27-12-9-24-40(44)52-49(58)33-32-48-51(52)39-23-8-11-26-43(39)57(48)42-29-14-19-34-16-4-5-20-36(34)42/h1-33H. The molecule has 4 aromatic heterocycles. The van der Waals surface area contributed by atoms with Gasteiger partial charge in [0.1, 0.15) is 0 Å². The first-order chi connectivity index (χ1) is 29.3. The molecule has 59 heavy (non-hydrogen) atoms. The fourth-order valence-corrected chi connectivity index (χ4v) is 9.82. The monoisotopic (exact) mass is 751 g/mol. The summed E-state index contributed by atoms with van der Waals surface area (Å²) in [5.41, 5.74) is 12.0. The second-order valence-electron chi connectivity index (χ2n) is 15.3. The Morgan fingerprint density at radius 1 is 0.288 bits per heavy atom. The van der Waals surface area contributed by atoms with E-state index in [2.05, 4.69) is 208 Å². The van der Waals surface area contributed by atoms with Gasteiger partial charge in [0.15, 0.2) is 0 Å². The van der Waals surface area contributed by atoms with Gasteiger partial charge in [0.25, 0.3) is 0 Å². The molecule has 9 aromatic carbocycles. The fraction of sp³-hybridized carbons (Fsp3) is 0. The number of rotatable bonds is 4. The first-order valence-electron chi connectivity index (χ1n) is 20.1. The Hall–Kier alpha value is -8.02. The largest absolute Gasteiger partial charge is 0.309 e. The highest BCUT2D eigenvalue weighted by Crippen LogP contribution is 2.45. The van der Waals surface area contributed by atoms with Gasteiger partial charge in [-0.25, -0.2) is 9.97 Å². The molecule has 13 aromatic rings. The molecule has 0 aliphatic carbocycles. The summed E-state index contributed by atoms with van der Waals surface area (Å²) < 4.78 is 7.18. The van der Waals surface area contributed by atoms with Crippen molar-refractivity contribution < 1.29 is 0 Å². The molecule has 0 saturated heterocycles. The molecule has 274 valence electrons. The molecule has 0 unspecified atom stereocenters. The summed E-state index contributed by atoms with van der Waals surface area (Å²) >= 11 is 0. The molecule has 0 N–H and O–H groups in total. The number of fused-ring (bicyclic) bond motifs is 12. The Kier molecular flexibility index (Phi) is 6.66. The van der Waals surface area contributed by atoms with Gasteiger partial charge in [-0.1, -0.05) is 146 Å². The highest BCUT2D eigenvalue weighted by atomic mass is 15.2. The first kappa shape index (κ1) is 32.1. The fourth-order valence-electron chi connectivity index (χ4n) is 9.82. The van der Waals surface area contributed by atoms with Gasteiger partial charge < -0.3 is 9.13 Å². The van der Waals surface area contributed by atoms with Crippen LogP contribution in [0.2, 0.25) is 0 Å². The van der Waals surface area contributed by atoms with Gasteiger partial charge in [0.05, 0.1) is 55.7 Å². The van der Waals surface area contributed by atoms with Crippen LogP contribution in [0, 0.1) is 0 Å². The van der Waals surface area contributed by atoms with E-state index in [4.69, 9.17) is 9.97 Å². The van der Waals surface area contributed by atoms with Crippen molar-refractivity contribution in [3.63, 3.8) is 0 Å². The van der Waals surface area contributed by atoms with Crippen molar-refractivity contribution in [2.24, 2.45) is 0 Å². The lowest BCUT2D eigenvalue weighted by Gasteiger charge is -2.13. The van der Waals surface area contributed by atoms with Crippen LogP contribution in [0.15, 0.2) is 200 Å². The molecule has 5 heteroatoms. The van der Waals surface area contributed by atoms with E-state index in [0.29, 0.717) is 5.95 Å². The summed E-state index contributed by atoms with van der Waals surface area (Å²) in [5.74, 6) is 0.649. The van der Waals surface area contributed by atoms with Crippen molar-refractivity contribution in [1.82, 2.24) is 23.7 Å². The highest BCUT2D eigenvalue weighted by Gasteiger charge is 2.24. The van der Waals surface area contributed by atoms with E-state index in [1.165, 1.54) is 49.0 Å². The van der Waals surface area contributed by atoms with Gasteiger partial charge >= 0.3 is 0 Å². The summed E-state index contributed by atoms with van der Waals surface area (Å²) in [6.07, 6.45) is 0. The van der Waals surface area contributed by atoms with E-state index in [9.17, 15) is 0 Å². The van der Waals surface area contributed by atoms with Crippen LogP contribution < -0.4 is 0 Å². The Balaban J connectivity index is 1.13. The van der Waals surface area contributed by atoms with Crippen molar-refractivity contribution in [1.29, 1.82) is 0 Å². The van der Waals surface area contributed by atoms with Crippen molar-refractivity contribution in [2.75, 3.05) is 0 Å². The number of hydrogen-bond acceptors (Lipinski definition) is 2. The predicted octanol–water partition coefficient (Wildman–Crippen LogP) is 13.7. The van der Waals surface area contributed by atoms with Crippen molar-refractivity contribution in [3.8, 4) is 28.6 Å². The summed E-state index contributed by atoms with van der Waals surface area (Å²) in [4.78, 5) is 10.6. The maximum atomic E-state index is 5.36. The smallest absolute Gasteiger partial charge is 0.235 e. The molecule has 0 amide bonds. The normalized spacial score (nSPS) is 12.1. The molecule has 13 rings (SSSR count). The third-order valence-corrected chi connectivity index (χ3v) is 12.2. The Bertz CT molecular complexity index is 3840. The first-order valence-corrected chi connectivity index (χ1v) is 20.1. The van der Waals surface area contributed by atoms with Crippen molar-refractivity contribution in [2.45, 2.75) is 0 Å². The molecule has 0 saturated carbocycles. The van der Waals surface area contributed by atoms with Crippen LogP contribution in [0.1, 0.15) is 0 Å². The summed E-state index contributed by atoms with van der Waals surface area (Å²) in [6, 6.07) is 71.8. The molecule has 0 fully saturated rings. The van der Waals surface area contributed by atoms with Crippen LogP contribution in [0.25, 0.3) is 116 Å². The number of nitrogens with zero attached hydrogens (tertiary/aromatic N) is 5. The quantitative estimate of drug-likeness (QED) is 0.180. The lowest BCUT2D eigenvalue weighted by Crippen LogP contribution is -2.03. The molecule has 0 spiro atoms. The summed E-state index contributed by atoms with van der Waals surface area (Å²) in [6.45, 7) is 0. The van der Waals surface area contributed by atoms with Crippen LogP contribution in [-0.2, 0) is 0 Å². The highest BCUT2D eigenvalue weighted by molar-refractivity contribution is 6.29. The van der Waals surface area contributed by atoms with Crippen LogP contribution >= 0.6 is 0 Å². The molecule has 0 radical (unpaired) electrons. The number of benzene rings is 9. The third-order valence-electron chi connectivity index (χ3n) is 12.2. The van der Waals surface area contributed by atoms with Gasteiger partial charge in [0.2, 0.25) is 5.95 Å². The Morgan fingerprint density at radius 2 is 0.763 bits per heavy atom. The second-order valence-corrected chi connectivity index (χ2v) is 15.3. The SMILES string of the molecule is c1ccc(-c2nc(-n3c4ccccc4c4c(-n5c6ccccc6c6c7c8ccccc8n(-c8cccc9ccccc89)c7ccc65)cccc43)nc3ccccc23)cc1. The maximum Gasteiger partial charge on any atom is 0.235 e. The lowest BCUT2D eigenvalue weighted by atomic mass is 10.1. The van der Waals surface area contributed by atoms with Gasteiger partial charge in [-0.3, -0.25) is 4.57 Å². The molecule has 0 bridgehead atoms.